The summed E-state index contributed by atoms with van der Waals surface area (Å²) in [5, 5.41) is 3.14. The maximum atomic E-state index is 11.4. The third-order valence-electron chi connectivity index (χ3n) is 3.07. The van der Waals surface area contributed by atoms with E-state index in [2.05, 4.69) is 26.1 Å². The summed E-state index contributed by atoms with van der Waals surface area (Å²) in [5.74, 6) is -0.293. The first-order chi connectivity index (χ1) is 8.21. The highest BCUT2D eigenvalue weighted by atomic mass is 16.5. The summed E-state index contributed by atoms with van der Waals surface area (Å²) < 4.78 is 5.58. The largest absolute Gasteiger partial charge is 0.381 e. The molecule has 0 aliphatic rings. The van der Waals surface area contributed by atoms with Gasteiger partial charge in [0.1, 0.15) is 0 Å². The van der Waals surface area contributed by atoms with Gasteiger partial charge in [0.25, 0.3) is 0 Å². The Hall–Kier alpha value is -0.610. The average Bonchev–Trinajstić information content (AvgIpc) is 2.22. The first kappa shape index (κ1) is 17.4. The van der Waals surface area contributed by atoms with Crippen LogP contribution in [0, 0.1) is 5.41 Å². The molecule has 0 bridgehead atoms. The molecule has 4 nitrogen and oxygen atoms in total. The Morgan fingerprint density at radius 3 is 2.22 bits per heavy atom. The molecule has 1 atom stereocenters. The van der Waals surface area contributed by atoms with Crippen LogP contribution >= 0.6 is 0 Å². The maximum Gasteiger partial charge on any atom is 0.237 e. The predicted molar refractivity (Wildman–Crippen MR) is 75.4 cm³/mol. The van der Waals surface area contributed by atoms with Gasteiger partial charge in [0.2, 0.25) is 5.91 Å². The van der Waals surface area contributed by atoms with Crippen LogP contribution in [0.5, 0.6) is 0 Å². The number of rotatable bonds is 9. The van der Waals surface area contributed by atoms with Crippen molar-refractivity contribution >= 4 is 5.91 Å². The minimum Gasteiger partial charge on any atom is -0.381 e. The van der Waals surface area contributed by atoms with E-state index in [0.717, 1.165) is 26.0 Å². The van der Waals surface area contributed by atoms with Crippen LogP contribution in [0.25, 0.3) is 0 Å². The molecule has 4 heteroatoms. The summed E-state index contributed by atoms with van der Waals surface area (Å²) in [6, 6.07) is 0. The van der Waals surface area contributed by atoms with Gasteiger partial charge in [-0.3, -0.25) is 4.79 Å². The number of carbonyl (C=O) groups excluding carboxylic acids is 1. The first-order valence-electron chi connectivity index (χ1n) is 6.84. The Kier molecular flexibility index (Phi) is 7.48. The summed E-state index contributed by atoms with van der Waals surface area (Å²) >= 11 is 0. The minimum absolute atomic E-state index is 0.293. The molecule has 0 fully saturated rings. The molecular formula is C14H30N2O2. The first-order valence-corrected chi connectivity index (χ1v) is 6.84. The molecular weight excluding hydrogens is 228 g/mol. The molecule has 108 valence electrons. The van der Waals surface area contributed by atoms with E-state index < -0.39 is 5.54 Å². The van der Waals surface area contributed by atoms with Gasteiger partial charge in [-0.2, -0.15) is 0 Å². The molecule has 0 rings (SSSR count). The number of carbonyl (C=O) groups is 1. The summed E-state index contributed by atoms with van der Waals surface area (Å²) in [6.07, 6.45) is 2.61. The molecule has 0 aromatic rings. The van der Waals surface area contributed by atoms with E-state index >= 15 is 0 Å². The fourth-order valence-corrected chi connectivity index (χ4v) is 1.70. The van der Waals surface area contributed by atoms with Crippen molar-refractivity contribution in [3.05, 3.63) is 0 Å². The zero-order chi connectivity index (χ0) is 14.2. The molecule has 1 unspecified atom stereocenters. The van der Waals surface area contributed by atoms with E-state index in [-0.39, 0.29) is 5.91 Å². The van der Waals surface area contributed by atoms with E-state index in [9.17, 15) is 4.79 Å². The Morgan fingerprint density at radius 1 is 1.17 bits per heavy atom. The number of likely N-dealkylation sites (N-methyl/N-ethyl adjacent to an activating group) is 1. The second-order valence-electron chi connectivity index (χ2n) is 6.25. The highest BCUT2D eigenvalue weighted by molar-refractivity contribution is 5.84. The van der Waals surface area contributed by atoms with E-state index in [0.29, 0.717) is 18.4 Å². The number of primary amides is 1. The van der Waals surface area contributed by atoms with Gasteiger partial charge in [-0.05, 0) is 38.1 Å². The third-order valence-corrected chi connectivity index (χ3v) is 3.07. The number of ether oxygens (including phenoxy) is 1. The van der Waals surface area contributed by atoms with Gasteiger partial charge < -0.3 is 15.8 Å². The van der Waals surface area contributed by atoms with Crippen molar-refractivity contribution in [3.8, 4) is 0 Å². The molecule has 0 aliphatic heterocycles. The van der Waals surface area contributed by atoms with Crippen molar-refractivity contribution in [1.29, 1.82) is 0 Å². The van der Waals surface area contributed by atoms with E-state index in [1.54, 1.807) is 0 Å². The highest BCUT2D eigenvalue weighted by Crippen LogP contribution is 2.18. The fourth-order valence-electron chi connectivity index (χ4n) is 1.70. The molecule has 0 saturated heterocycles. The second kappa shape index (κ2) is 7.74. The monoisotopic (exact) mass is 258 g/mol. The molecule has 3 N–H and O–H groups in total. The van der Waals surface area contributed by atoms with E-state index in [1.165, 1.54) is 0 Å². The Morgan fingerprint density at radius 2 is 1.78 bits per heavy atom. The Bertz CT molecular complexity index is 249. The van der Waals surface area contributed by atoms with Gasteiger partial charge >= 0.3 is 0 Å². The van der Waals surface area contributed by atoms with Crippen LogP contribution in [-0.4, -0.2) is 31.2 Å². The number of hydrogen-bond donors (Lipinski definition) is 2. The lowest BCUT2D eigenvalue weighted by molar-refractivity contribution is -0.124. The van der Waals surface area contributed by atoms with Crippen molar-refractivity contribution in [3.63, 3.8) is 0 Å². The van der Waals surface area contributed by atoms with Gasteiger partial charge in [-0.25, -0.2) is 0 Å². The molecule has 1 amide bonds. The van der Waals surface area contributed by atoms with Crippen LogP contribution in [-0.2, 0) is 9.53 Å². The topological polar surface area (TPSA) is 64.3 Å². The van der Waals surface area contributed by atoms with Gasteiger partial charge in [0.15, 0.2) is 0 Å². The van der Waals surface area contributed by atoms with Crippen LogP contribution in [0.1, 0.15) is 53.9 Å². The molecule has 0 aromatic carbocycles. The molecule has 0 radical (unpaired) electrons. The van der Waals surface area contributed by atoms with Crippen LogP contribution in [0.3, 0.4) is 0 Å². The number of nitrogens with one attached hydrogen (secondary N) is 1. The van der Waals surface area contributed by atoms with Crippen LogP contribution < -0.4 is 11.1 Å². The lowest BCUT2D eigenvalue weighted by atomic mass is 9.93. The predicted octanol–water partition coefficient (Wildman–Crippen LogP) is 2.07. The second-order valence-corrected chi connectivity index (χ2v) is 6.25. The summed E-state index contributed by atoms with van der Waals surface area (Å²) in [5.41, 5.74) is 5.11. The van der Waals surface area contributed by atoms with Gasteiger partial charge in [0, 0.05) is 13.2 Å². The Balaban J connectivity index is 3.78. The zero-order valence-electron chi connectivity index (χ0n) is 12.6. The molecule has 18 heavy (non-hydrogen) atoms. The summed E-state index contributed by atoms with van der Waals surface area (Å²) in [6.45, 7) is 12.6. The van der Waals surface area contributed by atoms with Crippen molar-refractivity contribution in [1.82, 2.24) is 5.32 Å². The highest BCUT2D eigenvalue weighted by Gasteiger charge is 2.28. The molecule has 0 saturated carbocycles. The van der Waals surface area contributed by atoms with Crippen molar-refractivity contribution in [2.75, 3.05) is 19.8 Å². The average molecular weight is 258 g/mol. The van der Waals surface area contributed by atoms with Crippen LogP contribution in [0.4, 0.5) is 0 Å². The number of amides is 1. The van der Waals surface area contributed by atoms with E-state index in [4.69, 9.17) is 10.5 Å². The number of nitrogens with two attached hydrogens (primary N) is 1. The van der Waals surface area contributed by atoms with Gasteiger partial charge in [0.05, 0.1) is 5.54 Å². The third kappa shape index (κ3) is 7.67. The molecule has 0 aromatic heterocycles. The van der Waals surface area contributed by atoms with Crippen molar-refractivity contribution < 1.29 is 9.53 Å². The molecule has 0 heterocycles. The Labute approximate surface area is 112 Å². The fraction of sp³-hybridized carbons (Fsp3) is 0.929. The molecule has 0 spiro atoms. The van der Waals surface area contributed by atoms with E-state index in [1.807, 2.05) is 13.8 Å². The standard InChI is InChI=1S/C14H30N2O2/c1-6-16-14(5,12(15)17)8-7-10-18-11-9-13(2,3)4/h16H,6-11H2,1-5H3,(H2,15,17). The normalized spacial score (nSPS) is 15.4. The quantitative estimate of drug-likeness (QED) is 0.622. The maximum absolute atomic E-state index is 11.4. The van der Waals surface area contributed by atoms with Crippen molar-refractivity contribution in [2.45, 2.75) is 59.4 Å². The SMILES string of the molecule is CCNC(C)(CCCOCCC(C)(C)C)C(N)=O. The van der Waals surface area contributed by atoms with Crippen LogP contribution in [0.15, 0.2) is 0 Å². The smallest absolute Gasteiger partial charge is 0.237 e. The lowest BCUT2D eigenvalue weighted by Crippen LogP contribution is -2.53. The number of hydrogen-bond acceptors (Lipinski definition) is 3. The van der Waals surface area contributed by atoms with Gasteiger partial charge in [-0.15, -0.1) is 0 Å². The zero-order valence-corrected chi connectivity index (χ0v) is 12.6. The van der Waals surface area contributed by atoms with Crippen molar-refractivity contribution in [2.24, 2.45) is 11.1 Å². The van der Waals surface area contributed by atoms with Gasteiger partial charge in [-0.1, -0.05) is 27.7 Å². The summed E-state index contributed by atoms with van der Waals surface area (Å²) in [7, 11) is 0. The minimum atomic E-state index is -0.609. The molecule has 0 aliphatic carbocycles. The lowest BCUT2D eigenvalue weighted by Gasteiger charge is -2.27. The summed E-state index contributed by atoms with van der Waals surface area (Å²) in [4.78, 5) is 11.4. The van der Waals surface area contributed by atoms with Crippen LogP contribution in [0.2, 0.25) is 0 Å².